The molecule has 0 bridgehead atoms. The van der Waals surface area contributed by atoms with Gasteiger partial charge in [0.1, 0.15) is 12.4 Å². The lowest BCUT2D eigenvalue weighted by atomic mass is 10.00. The number of fused-ring (bicyclic) bond motifs is 1. The predicted octanol–water partition coefficient (Wildman–Crippen LogP) is 7.21. The zero-order valence-electron chi connectivity index (χ0n) is 30.5. The first-order chi connectivity index (χ1) is 25.2. The first kappa shape index (κ1) is 38.6. The lowest BCUT2D eigenvalue weighted by Gasteiger charge is -2.27. The Bertz CT molecular complexity index is 1790. The Balaban J connectivity index is 1.25. The van der Waals surface area contributed by atoms with Crippen molar-refractivity contribution in [3.05, 3.63) is 96.1 Å². The highest BCUT2D eigenvalue weighted by atomic mass is 32.2. The lowest BCUT2D eigenvalue weighted by Crippen LogP contribution is -2.29. The summed E-state index contributed by atoms with van der Waals surface area (Å²) < 4.78 is 26.6. The molecule has 0 spiro atoms. The molecule has 4 aromatic rings. The molecule has 2 amide bonds. The van der Waals surface area contributed by atoms with E-state index in [1.807, 2.05) is 29.0 Å². The smallest absolute Gasteiger partial charge is 0.251 e. The van der Waals surface area contributed by atoms with Crippen molar-refractivity contribution in [1.29, 1.82) is 0 Å². The van der Waals surface area contributed by atoms with Gasteiger partial charge in [-0.1, -0.05) is 45.4 Å². The summed E-state index contributed by atoms with van der Waals surface area (Å²) in [7, 11) is 0. The highest BCUT2D eigenvalue weighted by molar-refractivity contribution is 7.90. The number of unbranched alkanes of at least 4 members (excludes halogenated alkanes) is 1. The normalized spacial score (nSPS) is 13.3. The quantitative estimate of drug-likeness (QED) is 0.0771. The molecule has 0 aliphatic carbocycles. The van der Waals surface area contributed by atoms with Gasteiger partial charge in [-0.3, -0.25) is 9.59 Å². The Morgan fingerprint density at radius 2 is 1.77 bits per heavy atom. The van der Waals surface area contributed by atoms with Crippen LogP contribution in [0.15, 0.2) is 89.6 Å². The molecule has 10 nitrogen and oxygen atoms in total. The number of nitrogens with zero attached hydrogens (tertiary/aromatic N) is 3. The van der Waals surface area contributed by atoms with Crippen LogP contribution >= 0.6 is 0 Å². The molecule has 276 valence electrons. The minimum absolute atomic E-state index is 0.158. The van der Waals surface area contributed by atoms with Gasteiger partial charge in [-0.15, -0.1) is 0 Å². The predicted molar refractivity (Wildman–Crippen MR) is 209 cm³/mol. The van der Waals surface area contributed by atoms with E-state index in [1.165, 1.54) is 0 Å². The van der Waals surface area contributed by atoms with Crippen molar-refractivity contribution >= 4 is 40.4 Å². The number of amides is 2. The molecule has 3 aromatic carbocycles. The Morgan fingerprint density at radius 1 is 1.00 bits per heavy atom. The van der Waals surface area contributed by atoms with Crippen LogP contribution < -0.4 is 20.7 Å². The minimum atomic E-state index is -1.34. The molecule has 0 saturated heterocycles. The summed E-state index contributed by atoms with van der Waals surface area (Å²) in [5.41, 5.74) is 10.8. The van der Waals surface area contributed by atoms with Gasteiger partial charge in [-0.25, -0.2) is 4.98 Å². The topological polar surface area (TPSA) is 135 Å². The summed E-state index contributed by atoms with van der Waals surface area (Å²) in [5, 5.41) is 3.06. The maximum absolute atomic E-state index is 13.7. The number of primary amides is 1. The fraction of sp³-hybridized carbons (Fsp3) is 0.390. The SMILES string of the molecule is CCCCOCCOc1ccc(-c2ccc3c(c2)C=C(C(=O)Nc2ccc([S+]([O-])Cc4nccn4CCCC(N)=O)cc2)CCN3CC(C)C)cc1. The van der Waals surface area contributed by atoms with Crippen LogP contribution in [0.4, 0.5) is 11.4 Å². The highest BCUT2D eigenvalue weighted by Gasteiger charge is 2.22. The number of nitrogens with one attached hydrogen (secondary N) is 1. The molecule has 0 saturated carbocycles. The number of imidazole rings is 1. The van der Waals surface area contributed by atoms with Crippen LogP contribution in [0.5, 0.6) is 5.75 Å². The average molecular weight is 726 g/mol. The van der Waals surface area contributed by atoms with E-state index in [2.05, 4.69) is 66.3 Å². The standard InChI is InChI=1S/C41H51N5O5S/c1-4-5-23-50-24-25-51-36-13-8-31(9-14-36)32-10-17-38-34(26-32)27-33(18-21-46(38)28-30(2)3)41(48)44-35-11-15-37(16-12-35)52(49)29-40-43-19-22-45(40)20-6-7-39(42)47/h8-17,19,22,26-27,30H,4-7,18,20-21,23-25,28-29H2,1-3H3,(H2,42,47)(H,44,48). The number of carbonyl (C=O) groups is 2. The van der Waals surface area contributed by atoms with E-state index in [0.717, 1.165) is 60.7 Å². The second kappa shape index (κ2) is 19.3. The zero-order chi connectivity index (χ0) is 36.9. The molecule has 52 heavy (non-hydrogen) atoms. The Kier molecular flexibility index (Phi) is 14.4. The summed E-state index contributed by atoms with van der Waals surface area (Å²) in [6.45, 7) is 10.6. The fourth-order valence-corrected chi connectivity index (χ4v) is 7.18. The molecule has 0 fully saturated rings. The lowest BCUT2D eigenvalue weighted by molar-refractivity contribution is -0.118. The van der Waals surface area contributed by atoms with Gasteiger partial charge in [0.05, 0.1) is 6.61 Å². The summed E-state index contributed by atoms with van der Waals surface area (Å²) in [5.74, 6) is 1.68. The van der Waals surface area contributed by atoms with Gasteiger partial charge in [-0.2, -0.15) is 0 Å². The van der Waals surface area contributed by atoms with Gasteiger partial charge in [0.25, 0.3) is 5.91 Å². The van der Waals surface area contributed by atoms with Crippen molar-refractivity contribution in [2.24, 2.45) is 11.7 Å². The largest absolute Gasteiger partial charge is 0.611 e. The molecule has 0 radical (unpaired) electrons. The van der Waals surface area contributed by atoms with Crippen molar-refractivity contribution in [1.82, 2.24) is 9.55 Å². The third kappa shape index (κ3) is 11.2. The van der Waals surface area contributed by atoms with Crippen molar-refractivity contribution in [2.45, 2.75) is 70.1 Å². The van der Waals surface area contributed by atoms with Crippen LogP contribution in [0, 0.1) is 5.92 Å². The van der Waals surface area contributed by atoms with Crippen molar-refractivity contribution in [2.75, 3.05) is 43.1 Å². The van der Waals surface area contributed by atoms with Gasteiger partial charge in [0.2, 0.25) is 5.91 Å². The van der Waals surface area contributed by atoms with Crippen LogP contribution in [0.25, 0.3) is 17.2 Å². The number of nitrogens with two attached hydrogens (primary N) is 1. The Morgan fingerprint density at radius 3 is 2.50 bits per heavy atom. The molecular weight excluding hydrogens is 675 g/mol. The van der Waals surface area contributed by atoms with E-state index < -0.39 is 11.2 Å². The first-order valence-corrected chi connectivity index (χ1v) is 19.5. The third-order valence-corrected chi connectivity index (χ3v) is 10.1. The molecule has 1 unspecified atom stereocenters. The van der Waals surface area contributed by atoms with Crippen LogP contribution in [-0.4, -0.2) is 58.8 Å². The summed E-state index contributed by atoms with van der Waals surface area (Å²) in [4.78, 5) is 32.2. The average Bonchev–Trinajstić information content (AvgIpc) is 3.48. The molecular formula is C41H51N5O5S. The number of rotatable bonds is 19. The number of hydrogen-bond donors (Lipinski definition) is 2. The zero-order valence-corrected chi connectivity index (χ0v) is 31.3. The molecule has 11 heteroatoms. The van der Waals surface area contributed by atoms with E-state index in [1.54, 1.807) is 30.5 Å². The number of anilines is 2. The third-order valence-electron chi connectivity index (χ3n) is 8.81. The molecule has 1 atom stereocenters. The molecule has 3 N–H and O–H groups in total. The van der Waals surface area contributed by atoms with Gasteiger partial charge in [-0.05, 0) is 108 Å². The van der Waals surface area contributed by atoms with E-state index in [9.17, 15) is 14.1 Å². The first-order valence-electron chi connectivity index (χ1n) is 18.2. The van der Waals surface area contributed by atoms with Crippen molar-refractivity contribution < 1.29 is 23.6 Å². The van der Waals surface area contributed by atoms with Crippen LogP contribution in [0.3, 0.4) is 0 Å². The van der Waals surface area contributed by atoms with Crippen molar-refractivity contribution in [3.63, 3.8) is 0 Å². The minimum Gasteiger partial charge on any atom is -0.611 e. The van der Waals surface area contributed by atoms with Gasteiger partial charge < -0.3 is 34.5 Å². The second-order valence-electron chi connectivity index (χ2n) is 13.4. The van der Waals surface area contributed by atoms with E-state index in [-0.39, 0.29) is 24.0 Å². The van der Waals surface area contributed by atoms with Gasteiger partial charge in [0.15, 0.2) is 16.5 Å². The second-order valence-corrected chi connectivity index (χ2v) is 14.9. The number of aryl methyl sites for hydroxylation is 1. The maximum atomic E-state index is 13.7. The maximum Gasteiger partial charge on any atom is 0.251 e. The highest BCUT2D eigenvalue weighted by Crippen LogP contribution is 2.34. The monoisotopic (exact) mass is 725 g/mol. The number of ether oxygens (including phenoxy) is 2. The van der Waals surface area contributed by atoms with Crippen LogP contribution in [-0.2, 0) is 37.8 Å². The molecule has 1 aromatic heterocycles. The Hall–Kier alpha value is -4.58. The van der Waals surface area contributed by atoms with Gasteiger partial charge >= 0.3 is 0 Å². The molecule has 5 rings (SSSR count). The summed E-state index contributed by atoms with van der Waals surface area (Å²) >= 11 is -1.34. The number of aromatic nitrogens is 2. The number of hydrogen-bond acceptors (Lipinski definition) is 7. The summed E-state index contributed by atoms with van der Waals surface area (Å²) in [6, 6.07) is 21.7. The molecule has 1 aliphatic rings. The van der Waals surface area contributed by atoms with E-state index >= 15 is 0 Å². The van der Waals surface area contributed by atoms with Crippen LogP contribution in [0.2, 0.25) is 0 Å². The number of benzene rings is 3. The van der Waals surface area contributed by atoms with E-state index in [0.29, 0.717) is 60.5 Å². The molecule has 1 aliphatic heterocycles. The molecule has 2 heterocycles. The number of carbonyl (C=O) groups excluding carboxylic acids is 2. The van der Waals surface area contributed by atoms with Crippen molar-refractivity contribution in [3.8, 4) is 16.9 Å². The fourth-order valence-electron chi connectivity index (χ4n) is 6.10. The van der Waals surface area contributed by atoms with Gasteiger partial charge in [0, 0.05) is 62.0 Å². The summed E-state index contributed by atoms with van der Waals surface area (Å²) in [6.07, 6.45) is 9.16. The van der Waals surface area contributed by atoms with E-state index in [4.69, 9.17) is 15.2 Å². The Labute approximate surface area is 310 Å². The van der Waals surface area contributed by atoms with Crippen LogP contribution in [0.1, 0.15) is 64.3 Å².